The van der Waals surface area contributed by atoms with Gasteiger partial charge in [0.2, 0.25) is 0 Å². The zero-order chi connectivity index (χ0) is 10.4. The largest absolute Gasteiger partial charge is 0.384 e. The molecule has 0 radical (unpaired) electrons. The molecule has 14 heavy (non-hydrogen) atoms. The highest BCUT2D eigenvalue weighted by molar-refractivity contribution is 4.91. The van der Waals surface area contributed by atoms with Gasteiger partial charge in [0.15, 0.2) is 0 Å². The van der Waals surface area contributed by atoms with Crippen LogP contribution >= 0.6 is 0 Å². The van der Waals surface area contributed by atoms with E-state index in [1.54, 1.807) is 7.11 Å². The molecule has 0 aliphatic heterocycles. The molecule has 0 aromatic carbocycles. The van der Waals surface area contributed by atoms with Gasteiger partial charge < -0.3 is 14.8 Å². The van der Waals surface area contributed by atoms with Gasteiger partial charge in [-0.1, -0.05) is 6.92 Å². The van der Waals surface area contributed by atoms with Crippen molar-refractivity contribution in [3.05, 3.63) is 0 Å². The third kappa shape index (κ3) is 3.23. The van der Waals surface area contributed by atoms with Gasteiger partial charge in [-0.05, 0) is 25.2 Å². The highest BCUT2D eigenvalue weighted by Crippen LogP contribution is 2.34. The molecule has 1 saturated carbocycles. The van der Waals surface area contributed by atoms with Crippen molar-refractivity contribution in [3.8, 4) is 0 Å². The molecule has 0 aromatic heterocycles. The molecule has 1 rings (SSSR count). The number of nitrogens with one attached hydrogen (secondary N) is 1. The molecule has 1 N–H and O–H groups in total. The standard InChI is InChI=1S/C11H23NO2/c1-10(8-13-2)7-12-9-11(14-3)5-4-6-11/h10,12H,4-9H2,1-3H3. The lowest BCUT2D eigenvalue weighted by atomic mass is 9.80. The maximum atomic E-state index is 5.52. The average Bonchev–Trinajstić information content (AvgIpc) is 2.10. The second kappa shape index (κ2) is 5.69. The summed E-state index contributed by atoms with van der Waals surface area (Å²) in [4.78, 5) is 0. The molecule has 1 atom stereocenters. The van der Waals surface area contributed by atoms with E-state index in [1.165, 1.54) is 19.3 Å². The van der Waals surface area contributed by atoms with Crippen molar-refractivity contribution in [2.45, 2.75) is 31.8 Å². The first-order valence-corrected chi connectivity index (χ1v) is 5.47. The third-order valence-electron chi connectivity index (χ3n) is 3.09. The molecule has 0 saturated heterocycles. The number of ether oxygens (including phenoxy) is 2. The summed E-state index contributed by atoms with van der Waals surface area (Å²) in [5.74, 6) is 0.578. The van der Waals surface area contributed by atoms with Gasteiger partial charge in [-0.15, -0.1) is 0 Å². The molecular weight excluding hydrogens is 178 g/mol. The van der Waals surface area contributed by atoms with Crippen LogP contribution in [0.3, 0.4) is 0 Å². The maximum absolute atomic E-state index is 5.52. The van der Waals surface area contributed by atoms with Crippen LogP contribution in [-0.4, -0.2) is 39.5 Å². The molecule has 0 bridgehead atoms. The predicted octanol–water partition coefficient (Wildman–Crippen LogP) is 1.43. The second-order valence-corrected chi connectivity index (χ2v) is 4.43. The summed E-state index contributed by atoms with van der Waals surface area (Å²) < 4.78 is 10.6. The Morgan fingerprint density at radius 1 is 1.36 bits per heavy atom. The maximum Gasteiger partial charge on any atom is 0.0802 e. The summed E-state index contributed by atoms with van der Waals surface area (Å²) in [5.41, 5.74) is 0.146. The topological polar surface area (TPSA) is 30.5 Å². The Labute approximate surface area is 87.2 Å². The van der Waals surface area contributed by atoms with Gasteiger partial charge in [0.05, 0.1) is 5.60 Å². The van der Waals surface area contributed by atoms with Crippen LogP contribution in [0.5, 0.6) is 0 Å². The Morgan fingerprint density at radius 2 is 2.07 bits per heavy atom. The number of hydrogen-bond acceptors (Lipinski definition) is 3. The van der Waals surface area contributed by atoms with Crippen LogP contribution in [0.2, 0.25) is 0 Å². The predicted molar refractivity (Wildman–Crippen MR) is 57.5 cm³/mol. The normalized spacial score (nSPS) is 21.6. The van der Waals surface area contributed by atoms with Gasteiger partial charge in [-0.2, -0.15) is 0 Å². The van der Waals surface area contributed by atoms with Crippen molar-refractivity contribution in [1.29, 1.82) is 0 Å². The summed E-state index contributed by atoms with van der Waals surface area (Å²) in [6.07, 6.45) is 3.72. The number of rotatable bonds is 7. The molecule has 1 fully saturated rings. The van der Waals surface area contributed by atoms with Crippen LogP contribution in [0.1, 0.15) is 26.2 Å². The van der Waals surface area contributed by atoms with Crippen molar-refractivity contribution in [2.24, 2.45) is 5.92 Å². The molecule has 0 heterocycles. The molecule has 3 heteroatoms. The van der Waals surface area contributed by atoms with Gasteiger partial charge in [-0.25, -0.2) is 0 Å². The van der Waals surface area contributed by atoms with Crippen LogP contribution in [-0.2, 0) is 9.47 Å². The fraction of sp³-hybridized carbons (Fsp3) is 1.00. The molecule has 1 unspecified atom stereocenters. The molecule has 1 aliphatic carbocycles. The fourth-order valence-corrected chi connectivity index (χ4v) is 1.91. The molecule has 3 nitrogen and oxygen atoms in total. The van der Waals surface area contributed by atoms with Gasteiger partial charge in [0.25, 0.3) is 0 Å². The lowest BCUT2D eigenvalue weighted by Gasteiger charge is -2.40. The number of hydrogen-bond donors (Lipinski definition) is 1. The minimum Gasteiger partial charge on any atom is -0.384 e. The minimum atomic E-state index is 0.146. The van der Waals surface area contributed by atoms with E-state index in [0.717, 1.165) is 19.7 Å². The van der Waals surface area contributed by atoms with Gasteiger partial charge in [0, 0.05) is 33.9 Å². The van der Waals surface area contributed by atoms with E-state index >= 15 is 0 Å². The Hall–Kier alpha value is -0.120. The van der Waals surface area contributed by atoms with Crippen molar-refractivity contribution in [3.63, 3.8) is 0 Å². The van der Waals surface area contributed by atoms with Crippen LogP contribution in [0.15, 0.2) is 0 Å². The minimum absolute atomic E-state index is 0.146. The van der Waals surface area contributed by atoms with E-state index in [4.69, 9.17) is 9.47 Å². The van der Waals surface area contributed by atoms with E-state index in [-0.39, 0.29) is 5.60 Å². The average molecular weight is 201 g/mol. The summed E-state index contributed by atoms with van der Waals surface area (Å²) in [5, 5.41) is 3.46. The van der Waals surface area contributed by atoms with Crippen LogP contribution in [0, 0.1) is 5.92 Å². The quantitative estimate of drug-likeness (QED) is 0.676. The Morgan fingerprint density at radius 3 is 2.50 bits per heavy atom. The first-order chi connectivity index (χ1) is 6.72. The zero-order valence-electron chi connectivity index (χ0n) is 9.64. The van der Waals surface area contributed by atoms with E-state index in [2.05, 4.69) is 12.2 Å². The van der Waals surface area contributed by atoms with Crippen LogP contribution in [0.25, 0.3) is 0 Å². The summed E-state index contributed by atoms with van der Waals surface area (Å²) in [7, 11) is 3.57. The van der Waals surface area contributed by atoms with Crippen molar-refractivity contribution < 1.29 is 9.47 Å². The monoisotopic (exact) mass is 201 g/mol. The SMILES string of the molecule is COCC(C)CNCC1(OC)CCC1. The summed E-state index contributed by atoms with van der Waals surface area (Å²) in [6.45, 7) is 5.01. The van der Waals surface area contributed by atoms with Crippen molar-refractivity contribution in [1.82, 2.24) is 5.32 Å². The summed E-state index contributed by atoms with van der Waals surface area (Å²) >= 11 is 0. The van der Waals surface area contributed by atoms with E-state index in [0.29, 0.717) is 5.92 Å². The molecular formula is C11H23NO2. The lowest BCUT2D eigenvalue weighted by molar-refractivity contribution is -0.0698. The fourth-order valence-electron chi connectivity index (χ4n) is 1.91. The highest BCUT2D eigenvalue weighted by Gasteiger charge is 2.36. The van der Waals surface area contributed by atoms with Crippen molar-refractivity contribution >= 4 is 0 Å². The zero-order valence-corrected chi connectivity index (χ0v) is 9.64. The van der Waals surface area contributed by atoms with E-state index in [9.17, 15) is 0 Å². The van der Waals surface area contributed by atoms with Crippen LogP contribution in [0.4, 0.5) is 0 Å². The number of methoxy groups -OCH3 is 2. The highest BCUT2D eigenvalue weighted by atomic mass is 16.5. The summed E-state index contributed by atoms with van der Waals surface area (Å²) in [6, 6.07) is 0. The molecule has 1 aliphatic rings. The smallest absolute Gasteiger partial charge is 0.0802 e. The second-order valence-electron chi connectivity index (χ2n) is 4.43. The van der Waals surface area contributed by atoms with Gasteiger partial charge >= 0.3 is 0 Å². The Balaban J connectivity index is 2.08. The lowest BCUT2D eigenvalue weighted by Crippen LogP contribution is -2.48. The van der Waals surface area contributed by atoms with E-state index in [1.807, 2.05) is 7.11 Å². The van der Waals surface area contributed by atoms with Gasteiger partial charge in [-0.3, -0.25) is 0 Å². The molecule has 0 spiro atoms. The Kier molecular flexibility index (Phi) is 4.85. The first-order valence-electron chi connectivity index (χ1n) is 5.47. The van der Waals surface area contributed by atoms with Crippen LogP contribution < -0.4 is 5.32 Å². The van der Waals surface area contributed by atoms with Gasteiger partial charge in [0.1, 0.15) is 0 Å². The Bertz CT molecular complexity index is 152. The molecule has 0 amide bonds. The third-order valence-corrected chi connectivity index (χ3v) is 3.09. The first kappa shape index (κ1) is 12.0. The van der Waals surface area contributed by atoms with Crippen molar-refractivity contribution in [2.75, 3.05) is 33.9 Å². The van der Waals surface area contributed by atoms with E-state index < -0.39 is 0 Å². The molecule has 0 aromatic rings. The molecule has 84 valence electrons.